The van der Waals surface area contributed by atoms with Gasteiger partial charge >= 0.3 is 0 Å². The molecule has 0 aliphatic heterocycles. The molecule has 0 aliphatic carbocycles. The molecule has 0 nitrogen and oxygen atoms in total. The SMILES string of the molecule is [Ir].[Ir].[Ir].[Ir].[Ir].[Ir].[Ir].[Ir].[Ir].[Ir]. The minimum Gasteiger partial charge on any atom is 0 e. The first-order valence-corrected chi connectivity index (χ1v) is 0. The minimum absolute atomic E-state index is 0. The molecule has 10 radical (unpaired) electrons. The van der Waals surface area contributed by atoms with Crippen LogP contribution in [0.2, 0.25) is 0 Å². The van der Waals surface area contributed by atoms with E-state index >= 15 is 0 Å². The molecule has 0 amide bonds. The Balaban J connectivity index is 0. The van der Waals surface area contributed by atoms with Crippen LogP contribution in [-0.4, -0.2) is 0 Å². The van der Waals surface area contributed by atoms with Crippen LogP contribution in [0.3, 0.4) is 0 Å². The van der Waals surface area contributed by atoms with Crippen molar-refractivity contribution in [2.24, 2.45) is 0 Å². The van der Waals surface area contributed by atoms with E-state index in [0.717, 1.165) is 0 Å². The maximum Gasteiger partial charge on any atom is 0 e. The molecule has 0 aromatic heterocycles. The second-order valence-corrected chi connectivity index (χ2v) is 0. The van der Waals surface area contributed by atoms with Crippen molar-refractivity contribution in [1.82, 2.24) is 0 Å². The van der Waals surface area contributed by atoms with Gasteiger partial charge < -0.3 is 0 Å². The second kappa shape index (κ2) is 77.2. The molecule has 0 aromatic carbocycles. The van der Waals surface area contributed by atoms with Gasteiger partial charge in [-0.05, 0) is 0 Å². The van der Waals surface area contributed by atoms with Crippen LogP contribution in [0.5, 0.6) is 0 Å². The third kappa shape index (κ3) is 62.6. The first-order chi connectivity index (χ1) is 0. The molecular weight excluding hydrogens is 1920 g/mol. The summed E-state index contributed by atoms with van der Waals surface area (Å²) in [5.41, 5.74) is 0. The summed E-state index contributed by atoms with van der Waals surface area (Å²) in [5.74, 6) is 0. The zero-order chi connectivity index (χ0) is 0. The van der Waals surface area contributed by atoms with Gasteiger partial charge in [0.1, 0.15) is 0 Å². The summed E-state index contributed by atoms with van der Waals surface area (Å²) in [6.45, 7) is 0. The monoisotopic (exact) mass is 1930 g/mol. The van der Waals surface area contributed by atoms with Crippen molar-refractivity contribution in [1.29, 1.82) is 0 Å². The number of hydrogen-bond acceptors (Lipinski definition) is 0. The van der Waals surface area contributed by atoms with Crippen molar-refractivity contribution in [3.05, 3.63) is 0 Å². The van der Waals surface area contributed by atoms with Gasteiger partial charge in [-0.2, -0.15) is 0 Å². The van der Waals surface area contributed by atoms with Crippen molar-refractivity contribution < 1.29 is 201 Å². The number of rotatable bonds is 0. The number of hydrogen-bond donors (Lipinski definition) is 0. The van der Waals surface area contributed by atoms with Crippen molar-refractivity contribution in [2.45, 2.75) is 0 Å². The molecule has 0 heterocycles. The Morgan fingerprint density at radius 2 is 0.100 bits per heavy atom. The molecule has 0 saturated heterocycles. The maximum absolute atomic E-state index is 0. The molecule has 0 N–H and O–H groups in total. The predicted molar refractivity (Wildman–Crippen MR) is 0 cm³/mol. The Labute approximate surface area is 196 Å². The standard InChI is InChI=1S/10Ir. The van der Waals surface area contributed by atoms with Crippen LogP contribution in [0.25, 0.3) is 0 Å². The van der Waals surface area contributed by atoms with Crippen molar-refractivity contribution in [2.75, 3.05) is 0 Å². The maximum atomic E-state index is 0. The van der Waals surface area contributed by atoms with Crippen molar-refractivity contribution in [3.8, 4) is 0 Å². The van der Waals surface area contributed by atoms with E-state index in [1.165, 1.54) is 0 Å². The first kappa shape index (κ1) is 93.9. The summed E-state index contributed by atoms with van der Waals surface area (Å²) in [7, 11) is 0. The molecule has 10 heteroatoms. The van der Waals surface area contributed by atoms with E-state index in [1.807, 2.05) is 0 Å². The molecule has 0 atom stereocenters. The summed E-state index contributed by atoms with van der Waals surface area (Å²) in [6.07, 6.45) is 0. The minimum atomic E-state index is 0. The van der Waals surface area contributed by atoms with E-state index in [-0.39, 0.29) is 201 Å². The van der Waals surface area contributed by atoms with Gasteiger partial charge in [0.05, 0.1) is 0 Å². The summed E-state index contributed by atoms with van der Waals surface area (Å²) < 4.78 is 0. The van der Waals surface area contributed by atoms with Crippen LogP contribution < -0.4 is 0 Å². The quantitative estimate of drug-likeness (QED) is 0.321. The molecule has 0 bridgehead atoms. The average molecular weight is 1920 g/mol. The molecule has 0 saturated carbocycles. The first-order valence-electron chi connectivity index (χ1n) is 0. The summed E-state index contributed by atoms with van der Waals surface area (Å²) in [4.78, 5) is 0. The topological polar surface area (TPSA) is 0 Å². The van der Waals surface area contributed by atoms with Gasteiger partial charge in [-0.1, -0.05) is 0 Å². The van der Waals surface area contributed by atoms with Crippen molar-refractivity contribution >= 4 is 0 Å². The van der Waals surface area contributed by atoms with Crippen LogP contribution >= 0.6 is 0 Å². The fourth-order valence-electron chi connectivity index (χ4n) is 0. The van der Waals surface area contributed by atoms with Gasteiger partial charge in [0.25, 0.3) is 0 Å². The van der Waals surface area contributed by atoms with Gasteiger partial charge in [0.2, 0.25) is 0 Å². The van der Waals surface area contributed by atoms with Gasteiger partial charge in [-0.15, -0.1) is 0 Å². The average Bonchev–Trinajstić information content (AvgIpc) is 0. The zero-order valence-electron chi connectivity index (χ0n) is 3.33. The van der Waals surface area contributed by atoms with Gasteiger partial charge in [0.15, 0.2) is 0 Å². The van der Waals surface area contributed by atoms with Crippen LogP contribution in [0.4, 0.5) is 0 Å². The fourth-order valence-corrected chi connectivity index (χ4v) is 0. The van der Waals surface area contributed by atoms with E-state index < -0.39 is 0 Å². The smallest absolute Gasteiger partial charge is 0 e. The fraction of sp³-hybridized carbons (Fsp3) is 0. The van der Waals surface area contributed by atoms with E-state index in [0.29, 0.717) is 0 Å². The van der Waals surface area contributed by atoms with Crippen LogP contribution in [-0.2, 0) is 201 Å². The summed E-state index contributed by atoms with van der Waals surface area (Å²) in [5, 5.41) is 0. The molecule has 0 fully saturated rings. The van der Waals surface area contributed by atoms with Gasteiger partial charge in [0, 0.05) is 201 Å². The van der Waals surface area contributed by atoms with Crippen LogP contribution in [0.1, 0.15) is 0 Å². The molecule has 0 unspecified atom stereocenters. The molecule has 0 spiro atoms. The Morgan fingerprint density at radius 1 is 0.100 bits per heavy atom. The second-order valence-electron chi connectivity index (χ2n) is 0. The van der Waals surface area contributed by atoms with Crippen molar-refractivity contribution in [3.63, 3.8) is 0 Å². The molecule has 10 heavy (non-hydrogen) atoms. The Hall–Kier alpha value is 6.49. The zero-order valence-corrected chi connectivity index (χ0v) is 27.3. The molecule has 90 valence electrons. The summed E-state index contributed by atoms with van der Waals surface area (Å²) >= 11 is 0. The Morgan fingerprint density at radius 3 is 0.100 bits per heavy atom. The van der Waals surface area contributed by atoms with E-state index in [1.54, 1.807) is 0 Å². The van der Waals surface area contributed by atoms with Crippen LogP contribution in [0, 0.1) is 0 Å². The van der Waals surface area contributed by atoms with E-state index in [9.17, 15) is 0 Å². The van der Waals surface area contributed by atoms with Gasteiger partial charge in [-0.25, -0.2) is 0 Å². The predicted octanol–water partition coefficient (Wildman–Crippen LogP) is -0.0250. The molecular formula is Ir10. The third-order valence-corrected chi connectivity index (χ3v) is 0. The normalized spacial score (nSPS) is 0. The molecule has 0 rings (SSSR count). The Bertz CT molecular complexity index is 0. The van der Waals surface area contributed by atoms with E-state index in [4.69, 9.17) is 0 Å². The van der Waals surface area contributed by atoms with Gasteiger partial charge in [-0.3, -0.25) is 0 Å². The summed E-state index contributed by atoms with van der Waals surface area (Å²) in [6, 6.07) is 0. The molecule has 0 aromatic rings. The largest absolute Gasteiger partial charge is 0 e. The molecule has 0 aliphatic rings. The van der Waals surface area contributed by atoms with E-state index in [2.05, 4.69) is 0 Å². The third-order valence-electron chi connectivity index (χ3n) is 0. The Kier molecular flexibility index (Phi) is 725. The van der Waals surface area contributed by atoms with Crippen LogP contribution in [0.15, 0.2) is 0 Å².